The van der Waals surface area contributed by atoms with E-state index in [1.807, 2.05) is 6.92 Å². The Morgan fingerprint density at radius 1 is 0.773 bits per heavy atom. The van der Waals surface area contributed by atoms with E-state index in [-0.39, 0.29) is 70.1 Å². The van der Waals surface area contributed by atoms with Gasteiger partial charge in [-0.25, -0.2) is 44.0 Å². The van der Waals surface area contributed by atoms with Gasteiger partial charge in [0.05, 0.1) is 49.4 Å². The van der Waals surface area contributed by atoms with Gasteiger partial charge in [0.2, 0.25) is 11.1 Å². The maximum Gasteiger partial charge on any atom is 0.472 e. The van der Waals surface area contributed by atoms with Crippen LogP contribution >= 0.6 is 15.6 Å². The van der Waals surface area contributed by atoms with Crippen LogP contribution in [0.25, 0.3) is 33.5 Å². The van der Waals surface area contributed by atoms with Gasteiger partial charge in [0, 0.05) is 25.0 Å². The molecule has 33 heteroatoms. The van der Waals surface area contributed by atoms with Gasteiger partial charge in [-0.2, -0.15) is 4.98 Å². The molecule has 3 saturated heterocycles. The molecule has 9 rings (SSSR count). The Kier molecular flexibility index (Phi) is 12.8. The molecule has 0 radical (unpaired) electrons. The number of nitrogens with two attached hydrogens (primary N) is 3. The van der Waals surface area contributed by atoms with E-state index in [1.54, 1.807) is 0 Å². The van der Waals surface area contributed by atoms with Crippen LogP contribution in [0.2, 0.25) is 0 Å². The number of hydrogen-bond donors (Lipinski definition) is 8. The van der Waals surface area contributed by atoms with Gasteiger partial charge in [0.1, 0.15) is 67.4 Å². The van der Waals surface area contributed by atoms with E-state index in [4.69, 9.17) is 49.5 Å². The Bertz CT molecular complexity index is 2960. The minimum Gasteiger partial charge on any atom is -0.394 e. The number of ether oxygens (including phenoxy) is 3. The molecule has 6 aromatic rings. The number of nitrogens with zero attached hydrogens (tertiary/aromatic N) is 11. The van der Waals surface area contributed by atoms with Gasteiger partial charge in [-0.05, 0) is 6.42 Å². The van der Waals surface area contributed by atoms with Crippen molar-refractivity contribution in [2.45, 2.75) is 93.1 Å². The fraction of sp³-hybridized carbons (Fsp3) is 0.545. The molecular weight excluding hydrogens is 940 g/mol. The van der Waals surface area contributed by atoms with Crippen molar-refractivity contribution in [2.75, 3.05) is 42.8 Å². The maximum atomic E-state index is 13.7. The lowest BCUT2D eigenvalue weighted by molar-refractivity contribution is -0.0609. The van der Waals surface area contributed by atoms with Gasteiger partial charge >= 0.3 is 15.6 Å². The third kappa shape index (κ3) is 9.07. The number of nitrogens with one attached hydrogen (secondary N) is 1. The molecule has 356 valence electrons. The number of rotatable bonds is 17. The lowest BCUT2D eigenvalue weighted by atomic mass is 10.2. The maximum absolute atomic E-state index is 13.7. The zero-order chi connectivity index (χ0) is 46.7. The van der Waals surface area contributed by atoms with E-state index >= 15 is 0 Å². The van der Waals surface area contributed by atoms with Crippen LogP contribution in [0.15, 0.2) is 35.3 Å². The summed E-state index contributed by atoms with van der Waals surface area (Å²) in [6, 6.07) is 0. The molecule has 30 nitrogen and oxygen atoms in total. The fourth-order valence-electron chi connectivity index (χ4n) is 7.88. The highest BCUT2D eigenvalue weighted by atomic mass is 32.2. The molecule has 9 heterocycles. The van der Waals surface area contributed by atoms with Crippen molar-refractivity contribution >= 4 is 77.5 Å². The summed E-state index contributed by atoms with van der Waals surface area (Å²) < 4.78 is 85.0. The molecule has 3 fully saturated rings. The number of aromatic amines is 1. The van der Waals surface area contributed by atoms with Crippen molar-refractivity contribution in [3.8, 4) is 0 Å². The van der Waals surface area contributed by atoms with Gasteiger partial charge in [-0.15, -0.1) is 0 Å². The molecule has 0 bridgehead atoms. The molecule has 6 aromatic heterocycles. The summed E-state index contributed by atoms with van der Waals surface area (Å²) in [6.45, 7) is -0.306. The highest BCUT2D eigenvalue weighted by molar-refractivity contribution is 7.84. The Hall–Kier alpha value is -4.98. The number of hydrogen-bond acceptors (Lipinski definition) is 24. The van der Waals surface area contributed by atoms with Crippen LogP contribution in [-0.4, -0.2) is 145 Å². The van der Waals surface area contributed by atoms with Crippen LogP contribution < -0.4 is 22.8 Å². The van der Waals surface area contributed by atoms with Gasteiger partial charge < -0.3 is 51.4 Å². The first-order valence-electron chi connectivity index (χ1n) is 20.1. The summed E-state index contributed by atoms with van der Waals surface area (Å²) in [7, 11) is -11.9. The highest BCUT2D eigenvalue weighted by Gasteiger charge is 2.47. The van der Waals surface area contributed by atoms with E-state index < -0.39 is 107 Å². The molecule has 12 atom stereocenters. The Labute approximate surface area is 372 Å². The Balaban J connectivity index is 0.923. The summed E-state index contributed by atoms with van der Waals surface area (Å²) in [5, 5.41) is 21.0. The van der Waals surface area contributed by atoms with E-state index in [1.165, 1.54) is 32.7 Å². The monoisotopic (exact) mass is 983 g/mol. The van der Waals surface area contributed by atoms with Gasteiger partial charge in [-0.3, -0.25) is 45.8 Å². The second kappa shape index (κ2) is 18.3. The first-order chi connectivity index (χ1) is 31.5. The minimum absolute atomic E-state index is 0.00953. The summed E-state index contributed by atoms with van der Waals surface area (Å²) in [4.78, 5) is 69.9. The number of anilines is 3. The summed E-state index contributed by atoms with van der Waals surface area (Å²) >= 11 is 0. The fourth-order valence-corrected chi connectivity index (χ4v) is 11.0. The summed E-state index contributed by atoms with van der Waals surface area (Å²) in [5.41, 5.74) is 18.0. The Morgan fingerprint density at radius 2 is 1.35 bits per heavy atom. The largest absolute Gasteiger partial charge is 0.472 e. The molecule has 0 saturated carbocycles. The van der Waals surface area contributed by atoms with Crippen molar-refractivity contribution in [2.24, 2.45) is 0 Å². The third-order valence-electron chi connectivity index (χ3n) is 10.9. The molecule has 66 heavy (non-hydrogen) atoms. The molecule has 3 aliphatic heterocycles. The van der Waals surface area contributed by atoms with Crippen LogP contribution in [0.5, 0.6) is 0 Å². The number of nitrogen functional groups attached to an aromatic ring is 3. The topological polar surface area (TPSA) is 426 Å². The average Bonchev–Trinajstić information content (AvgIpc) is 4.12. The third-order valence-corrected chi connectivity index (χ3v) is 14.4. The van der Waals surface area contributed by atoms with E-state index in [9.17, 15) is 38.1 Å². The number of phosphoric acid groups is 2. The van der Waals surface area contributed by atoms with Gasteiger partial charge in [-0.1, -0.05) is 6.92 Å². The molecule has 11 N–H and O–H groups in total. The standard InChI is InChI=1S/C33H43N15O15P2S/c1-2-3-66(56)33-43-24-27(35)38-11-40-29(24)48(33)22-6-16(63-64(52,53)57-8-18-14(50)4-20(60-18)46-12-41-23-26(34)37-10-39-28(23)46)19(61-22)9-58-65(54,55)62-15-5-21(59-17(15)7-49)47-13-42-25-30(47)44-32(36)45-31(25)51/h10-22,49-50H,2-9H2,1H3,(H,52,53)(H,54,55)(H2,34,37,39)(H2,35,38,40)(H3,36,44,45,51)/t14-,15-,16-,17+,18+,19+,20+,21+,22+,66?/m0/s1. The number of aliphatic hydroxyl groups excluding tert-OH is 2. The Morgan fingerprint density at radius 3 is 2.05 bits per heavy atom. The zero-order valence-electron chi connectivity index (χ0n) is 34.4. The molecule has 0 amide bonds. The van der Waals surface area contributed by atoms with Crippen LogP contribution in [0.4, 0.5) is 17.6 Å². The SMILES string of the molecule is CCCS(=O)c1nc2c(N)ncnc2n1[C@H]1C[C@H](OP(=O)(O)OC[C@H]2O[C@@H](n3cnc4c(N)ncnc43)C[C@@H]2O)[C@@H](COP(=O)(O)O[C@H]2C[C@H](n3cnc4c(=O)[nH]c(N)nc43)O[C@@H]2CO)O1. The molecule has 0 aliphatic carbocycles. The average molecular weight is 984 g/mol. The number of aromatic nitrogens is 12. The molecule has 3 aliphatic rings. The van der Waals surface area contributed by atoms with Crippen molar-refractivity contribution in [1.29, 1.82) is 0 Å². The predicted molar refractivity (Wildman–Crippen MR) is 224 cm³/mol. The van der Waals surface area contributed by atoms with Gasteiger partial charge in [0.25, 0.3) is 5.56 Å². The lowest BCUT2D eigenvalue weighted by Gasteiger charge is -2.24. The van der Waals surface area contributed by atoms with Crippen molar-refractivity contribution in [3.63, 3.8) is 0 Å². The zero-order valence-corrected chi connectivity index (χ0v) is 37.0. The van der Waals surface area contributed by atoms with E-state index in [0.717, 1.165) is 6.33 Å². The molecular formula is C33H43N15O15P2S. The number of imidazole rings is 3. The second-order valence-corrected chi connectivity index (χ2v) is 19.5. The minimum atomic E-state index is -5.10. The van der Waals surface area contributed by atoms with Crippen LogP contribution in [0, 0.1) is 0 Å². The highest BCUT2D eigenvalue weighted by Crippen LogP contribution is 2.52. The quantitative estimate of drug-likeness (QED) is 0.0523. The smallest absolute Gasteiger partial charge is 0.394 e. The first-order valence-corrected chi connectivity index (χ1v) is 24.4. The molecule has 0 spiro atoms. The van der Waals surface area contributed by atoms with Crippen LogP contribution in [0.3, 0.4) is 0 Å². The van der Waals surface area contributed by atoms with E-state index in [2.05, 4.69) is 44.9 Å². The van der Waals surface area contributed by atoms with E-state index in [0.29, 0.717) is 17.6 Å². The second-order valence-electron chi connectivity index (χ2n) is 15.3. The normalized spacial score (nSPS) is 28.1. The molecule has 3 unspecified atom stereocenters. The van der Waals surface area contributed by atoms with Crippen LogP contribution in [-0.2, 0) is 52.2 Å². The van der Waals surface area contributed by atoms with Gasteiger partial charge in [0.15, 0.2) is 39.6 Å². The summed E-state index contributed by atoms with van der Waals surface area (Å²) in [5.74, 6) is 0.0818. The van der Waals surface area contributed by atoms with Crippen molar-refractivity contribution < 1.29 is 65.6 Å². The lowest BCUT2D eigenvalue weighted by Crippen LogP contribution is -2.31. The summed E-state index contributed by atoms with van der Waals surface area (Å²) in [6.07, 6.45) is -5.54. The van der Waals surface area contributed by atoms with Crippen molar-refractivity contribution in [3.05, 3.63) is 35.7 Å². The predicted octanol–water partition coefficient (Wildman–Crippen LogP) is -0.716. The van der Waals surface area contributed by atoms with Crippen LogP contribution in [0.1, 0.15) is 51.3 Å². The number of aliphatic hydroxyl groups is 2. The van der Waals surface area contributed by atoms with Crippen molar-refractivity contribution in [1.82, 2.24) is 58.6 Å². The molecule has 0 aromatic carbocycles. The number of fused-ring (bicyclic) bond motifs is 3. The number of H-pyrrole nitrogens is 1. The number of phosphoric ester groups is 2. The first kappa shape index (κ1) is 46.1.